The van der Waals surface area contributed by atoms with Crippen LogP contribution in [0.5, 0.6) is 0 Å². The minimum absolute atomic E-state index is 0.0325. The summed E-state index contributed by atoms with van der Waals surface area (Å²) in [4.78, 5) is 28.1. The van der Waals surface area contributed by atoms with Crippen molar-refractivity contribution in [2.75, 3.05) is 16.8 Å². The lowest BCUT2D eigenvalue weighted by Crippen LogP contribution is -2.46. The summed E-state index contributed by atoms with van der Waals surface area (Å²) in [5.74, 6) is 0.123. The van der Waals surface area contributed by atoms with Gasteiger partial charge in [-0.2, -0.15) is 5.10 Å². The summed E-state index contributed by atoms with van der Waals surface area (Å²) < 4.78 is 1.62. The number of nitrogens with one attached hydrogen (secondary N) is 1. The number of hydrogen-bond donors (Lipinski definition) is 1. The number of halogens is 1. The Bertz CT molecular complexity index is 1190. The number of carbonyl (C=O) groups is 2. The second-order valence-electron chi connectivity index (χ2n) is 7.15. The normalized spacial score (nSPS) is 19.8. The van der Waals surface area contributed by atoms with Crippen molar-refractivity contribution in [3.8, 4) is 5.69 Å². The summed E-state index contributed by atoms with van der Waals surface area (Å²) in [6, 6.07) is 14.8. The monoisotopic (exact) mass is 404 g/mol. The fourth-order valence-corrected chi connectivity index (χ4v) is 4.55. The molecule has 29 heavy (non-hydrogen) atoms. The quantitative estimate of drug-likeness (QED) is 0.677. The maximum absolute atomic E-state index is 13.7. The highest BCUT2D eigenvalue weighted by atomic mass is 35.5. The number of nitrogens with zero attached hydrogens (tertiary/aromatic N) is 3. The molecule has 1 atom stereocenters. The Morgan fingerprint density at radius 2 is 2.00 bits per heavy atom. The zero-order valence-corrected chi connectivity index (χ0v) is 16.2. The molecular weight excluding hydrogens is 388 g/mol. The molecule has 1 spiro atoms. The highest BCUT2D eigenvalue weighted by Gasteiger charge is 2.56. The van der Waals surface area contributed by atoms with Gasteiger partial charge < -0.3 is 10.2 Å². The standard InChI is InChI=1S/C22H17ClN4O2/c1-2-10-26-18-9-4-3-8-16(18)22(21(26)29)12-19(28)25-20-17(22)13-24-27(20)15-7-5-6-14(23)11-15/h2-9,11,13H,1,10,12H2,(H,25,28)/t22-/m1/s1. The summed E-state index contributed by atoms with van der Waals surface area (Å²) in [6.07, 6.45) is 3.39. The number of amides is 2. The Balaban J connectivity index is 1.76. The van der Waals surface area contributed by atoms with Crippen LogP contribution in [0.2, 0.25) is 5.02 Å². The Morgan fingerprint density at radius 1 is 1.17 bits per heavy atom. The molecule has 2 amide bonds. The van der Waals surface area contributed by atoms with Crippen molar-refractivity contribution in [1.29, 1.82) is 0 Å². The van der Waals surface area contributed by atoms with E-state index in [-0.39, 0.29) is 18.2 Å². The predicted octanol–water partition coefficient (Wildman–Crippen LogP) is 3.69. The van der Waals surface area contributed by atoms with Crippen LogP contribution < -0.4 is 10.2 Å². The van der Waals surface area contributed by atoms with Crippen molar-refractivity contribution in [1.82, 2.24) is 9.78 Å². The Morgan fingerprint density at radius 3 is 2.79 bits per heavy atom. The molecule has 7 heteroatoms. The number of anilines is 2. The van der Waals surface area contributed by atoms with Crippen LogP contribution in [-0.4, -0.2) is 28.1 Å². The van der Waals surface area contributed by atoms with Crippen LogP contribution in [0.15, 0.2) is 67.4 Å². The van der Waals surface area contributed by atoms with Gasteiger partial charge in [0.2, 0.25) is 11.8 Å². The molecule has 1 N–H and O–H groups in total. The molecule has 6 nitrogen and oxygen atoms in total. The van der Waals surface area contributed by atoms with Gasteiger partial charge in [0.05, 0.1) is 11.9 Å². The van der Waals surface area contributed by atoms with Gasteiger partial charge in [-0.3, -0.25) is 9.59 Å². The smallest absolute Gasteiger partial charge is 0.243 e. The summed E-state index contributed by atoms with van der Waals surface area (Å²) in [7, 11) is 0. The van der Waals surface area contributed by atoms with E-state index in [0.717, 1.165) is 11.3 Å². The van der Waals surface area contributed by atoms with E-state index in [0.29, 0.717) is 28.6 Å². The summed E-state index contributed by atoms with van der Waals surface area (Å²) in [5.41, 5.74) is 1.90. The van der Waals surface area contributed by atoms with Gasteiger partial charge in [0, 0.05) is 29.2 Å². The molecule has 0 saturated carbocycles. The van der Waals surface area contributed by atoms with E-state index in [2.05, 4.69) is 17.0 Å². The van der Waals surface area contributed by atoms with Gasteiger partial charge in [-0.1, -0.05) is 41.9 Å². The van der Waals surface area contributed by atoms with Crippen molar-refractivity contribution < 1.29 is 9.59 Å². The van der Waals surface area contributed by atoms with E-state index >= 15 is 0 Å². The molecule has 144 valence electrons. The largest absolute Gasteiger partial charge is 0.310 e. The van der Waals surface area contributed by atoms with E-state index in [4.69, 9.17) is 11.6 Å². The molecule has 0 fully saturated rings. The highest BCUT2D eigenvalue weighted by Crippen LogP contribution is 2.52. The second kappa shape index (κ2) is 6.32. The fourth-order valence-electron chi connectivity index (χ4n) is 4.36. The van der Waals surface area contributed by atoms with E-state index in [1.165, 1.54) is 0 Å². The first-order chi connectivity index (χ1) is 14.1. The second-order valence-corrected chi connectivity index (χ2v) is 7.59. The Labute approximate surface area is 172 Å². The lowest BCUT2D eigenvalue weighted by Gasteiger charge is -2.32. The first kappa shape index (κ1) is 17.7. The summed E-state index contributed by atoms with van der Waals surface area (Å²) in [6.45, 7) is 4.15. The average molecular weight is 405 g/mol. The minimum atomic E-state index is -1.10. The van der Waals surface area contributed by atoms with E-state index in [9.17, 15) is 9.59 Å². The molecule has 2 aromatic carbocycles. The summed E-state index contributed by atoms with van der Waals surface area (Å²) >= 11 is 6.14. The van der Waals surface area contributed by atoms with Gasteiger partial charge >= 0.3 is 0 Å². The van der Waals surface area contributed by atoms with Gasteiger partial charge in [0.25, 0.3) is 0 Å². The van der Waals surface area contributed by atoms with E-state index in [1.54, 1.807) is 34.0 Å². The van der Waals surface area contributed by atoms with Gasteiger partial charge in [-0.05, 0) is 29.8 Å². The van der Waals surface area contributed by atoms with Crippen LogP contribution in [0.3, 0.4) is 0 Å². The number of para-hydroxylation sites is 1. The zero-order chi connectivity index (χ0) is 20.2. The summed E-state index contributed by atoms with van der Waals surface area (Å²) in [5, 5.41) is 7.96. The van der Waals surface area contributed by atoms with Crippen LogP contribution in [0.25, 0.3) is 5.69 Å². The molecule has 0 unspecified atom stereocenters. The lowest BCUT2D eigenvalue weighted by atomic mass is 9.72. The van der Waals surface area contributed by atoms with Gasteiger partial charge in [-0.15, -0.1) is 6.58 Å². The van der Waals surface area contributed by atoms with Gasteiger partial charge in [0.1, 0.15) is 11.2 Å². The number of benzene rings is 2. The first-order valence-electron chi connectivity index (χ1n) is 9.23. The predicted molar refractivity (Wildman–Crippen MR) is 112 cm³/mol. The number of carbonyl (C=O) groups excluding carboxylic acids is 2. The van der Waals surface area contributed by atoms with Gasteiger partial charge in [0.15, 0.2) is 0 Å². The molecule has 1 aromatic heterocycles. The number of fused-ring (bicyclic) bond motifs is 4. The van der Waals surface area contributed by atoms with Crippen molar-refractivity contribution in [3.05, 3.63) is 83.5 Å². The van der Waals surface area contributed by atoms with Crippen molar-refractivity contribution in [3.63, 3.8) is 0 Å². The topological polar surface area (TPSA) is 67.2 Å². The van der Waals surface area contributed by atoms with E-state index < -0.39 is 5.41 Å². The number of hydrogen-bond acceptors (Lipinski definition) is 3. The van der Waals surface area contributed by atoms with Crippen LogP contribution in [0.4, 0.5) is 11.5 Å². The van der Waals surface area contributed by atoms with Crippen LogP contribution >= 0.6 is 11.6 Å². The molecule has 2 aliphatic rings. The number of aromatic nitrogens is 2. The van der Waals surface area contributed by atoms with Crippen molar-refractivity contribution >= 4 is 34.9 Å². The van der Waals surface area contributed by atoms with Gasteiger partial charge in [-0.25, -0.2) is 4.68 Å². The molecule has 3 aromatic rings. The maximum Gasteiger partial charge on any atom is 0.243 e. The molecular formula is C22H17ClN4O2. The van der Waals surface area contributed by atoms with Crippen molar-refractivity contribution in [2.45, 2.75) is 11.8 Å². The van der Waals surface area contributed by atoms with Crippen LogP contribution in [-0.2, 0) is 15.0 Å². The molecule has 5 rings (SSSR count). The molecule has 0 saturated heterocycles. The SMILES string of the molecule is C=CCN1C(=O)[C@]2(CC(=O)Nc3c2cnn3-c2cccc(Cl)c2)c2ccccc21. The lowest BCUT2D eigenvalue weighted by molar-refractivity contribution is -0.126. The molecule has 0 aliphatic carbocycles. The third-order valence-corrected chi connectivity index (χ3v) is 5.78. The molecule has 0 bridgehead atoms. The maximum atomic E-state index is 13.7. The van der Waals surface area contributed by atoms with Crippen molar-refractivity contribution in [2.24, 2.45) is 0 Å². The molecule has 2 aliphatic heterocycles. The Hall–Kier alpha value is -3.38. The van der Waals surface area contributed by atoms with Crippen LogP contribution in [0, 0.1) is 0 Å². The third-order valence-electron chi connectivity index (χ3n) is 5.54. The Kier molecular flexibility index (Phi) is 3.86. The van der Waals surface area contributed by atoms with Crippen LogP contribution in [0.1, 0.15) is 17.5 Å². The molecule has 0 radical (unpaired) electrons. The zero-order valence-electron chi connectivity index (χ0n) is 15.4. The first-order valence-corrected chi connectivity index (χ1v) is 9.61. The molecule has 3 heterocycles. The highest BCUT2D eigenvalue weighted by molar-refractivity contribution is 6.30. The fraction of sp³-hybridized carbons (Fsp3) is 0.136. The number of rotatable bonds is 3. The minimum Gasteiger partial charge on any atom is -0.310 e. The average Bonchev–Trinajstić information content (AvgIpc) is 3.23. The van der Waals surface area contributed by atoms with E-state index in [1.807, 2.05) is 36.4 Å². The third kappa shape index (κ3) is 2.39.